The van der Waals surface area contributed by atoms with Gasteiger partial charge in [-0.3, -0.25) is 0 Å². The lowest BCUT2D eigenvalue weighted by Gasteiger charge is -2.15. The van der Waals surface area contributed by atoms with Crippen LogP contribution < -0.4 is 0 Å². The molecule has 0 nitrogen and oxygen atoms in total. The van der Waals surface area contributed by atoms with Crippen LogP contribution in [0.3, 0.4) is 0 Å². The quantitative estimate of drug-likeness (QED) is 0.216. The third-order valence-corrected chi connectivity index (χ3v) is 11.3. The Balaban J connectivity index is -0.000000125. The summed E-state index contributed by atoms with van der Waals surface area (Å²) < 4.78 is 0. The average Bonchev–Trinajstić information content (AvgIpc) is 3.07. The molecule has 0 aromatic rings. The standard InChI is InChI=1S/6C8H14.6CH4/c6*1-7-3-5-8(2)6-4-7;;;;;;/h4*3,8H,4-6H2,1-2H3;2*3,5,7-8H,4,6H2,1-2H3;6*1H4. The molecular weight excluding hydrogens is 649 g/mol. The maximum absolute atomic E-state index is 2.37. The summed E-state index contributed by atoms with van der Waals surface area (Å²) in [4.78, 5) is 0. The van der Waals surface area contributed by atoms with E-state index in [9.17, 15) is 0 Å². The first kappa shape index (κ1) is 64.3. The largest absolute Gasteiger partial charge is 0.0854 e. The molecule has 0 aliphatic heterocycles. The summed E-state index contributed by atoms with van der Waals surface area (Å²) in [5, 5.41) is 0. The fourth-order valence-electron chi connectivity index (χ4n) is 6.58. The van der Waals surface area contributed by atoms with Crippen LogP contribution in [-0.4, -0.2) is 0 Å². The Labute approximate surface area is 347 Å². The lowest BCUT2D eigenvalue weighted by atomic mass is 9.91. The molecule has 0 spiro atoms. The molecular formula is C54H108. The molecule has 0 fully saturated rings. The van der Waals surface area contributed by atoms with E-state index in [2.05, 4.69) is 132 Å². The topological polar surface area (TPSA) is 0 Å². The maximum atomic E-state index is 2.37. The van der Waals surface area contributed by atoms with E-state index >= 15 is 0 Å². The van der Waals surface area contributed by atoms with Gasteiger partial charge in [-0.2, -0.15) is 0 Å². The second kappa shape index (κ2) is 38.3. The highest BCUT2D eigenvalue weighted by Gasteiger charge is 2.09. The molecule has 0 amide bonds. The summed E-state index contributed by atoms with van der Waals surface area (Å²) in [6.45, 7) is 27.3. The van der Waals surface area contributed by atoms with Crippen molar-refractivity contribution in [1.82, 2.24) is 0 Å². The van der Waals surface area contributed by atoms with Crippen molar-refractivity contribution in [3.8, 4) is 0 Å². The van der Waals surface area contributed by atoms with Crippen molar-refractivity contribution >= 4 is 0 Å². The molecule has 0 heterocycles. The van der Waals surface area contributed by atoms with E-state index < -0.39 is 0 Å². The van der Waals surface area contributed by atoms with Crippen molar-refractivity contribution in [2.45, 2.75) is 230 Å². The monoisotopic (exact) mass is 757 g/mol. The van der Waals surface area contributed by atoms with Gasteiger partial charge in [-0.15, -0.1) is 0 Å². The van der Waals surface area contributed by atoms with E-state index in [0.717, 1.165) is 47.3 Å². The minimum absolute atomic E-state index is 0. The zero-order valence-corrected chi connectivity index (χ0v) is 34.6. The third-order valence-electron chi connectivity index (χ3n) is 11.3. The van der Waals surface area contributed by atoms with Crippen LogP contribution in [0.15, 0.2) is 70.9 Å². The van der Waals surface area contributed by atoms with Crippen LogP contribution in [0.1, 0.15) is 230 Å². The summed E-state index contributed by atoms with van der Waals surface area (Å²) in [5.41, 5.74) is 6.34. The first-order valence-electron chi connectivity index (χ1n) is 20.7. The van der Waals surface area contributed by atoms with Crippen LogP contribution >= 0.6 is 0 Å². The zero-order valence-electron chi connectivity index (χ0n) is 34.6. The fourth-order valence-corrected chi connectivity index (χ4v) is 6.58. The highest BCUT2D eigenvalue weighted by Crippen LogP contribution is 2.24. The Hall–Kier alpha value is -1.56. The van der Waals surface area contributed by atoms with Gasteiger partial charge >= 0.3 is 0 Å². The van der Waals surface area contributed by atoms with Crippen LogP contribution in [0.5, 0.6) is 0 Å². The first-order valence-corrected chi connectivity index (χ1v) is 20.7. The zero-order chi connectivity index (χ0) is 35.9. The highest BCUT2D eigenvalue weighted by atomic mass is 14.1. The SMILES string of the molecule is C.C.C.C.C.C.CC1=CCC(C)CC1.CC1=CCC(C)CC1.CC1=CCC(C)CC1.CC1=CCC(C)CC1.CC1C=CC(C)CC1.CC1C=CC(C)CC1. The van der Waals surface area contributed by atoms with E-state index in [1.54, 1.807) is 22.3 Å². The van der Waals surface area contributed by atoms with E-state index in [1.807, 2.05) is 0 Å². The van der Waals surface area contributed by atoms with Gasteiger partial charge in [0.25, 0.3) is 0 Å². The molecule has 8 atom stereocenters. The van der Waals surface area contributed by atoms with Gasteiger partial charge in [-0.1, -0.05) is 171 Å². The van der Waals surface area contributed by atoms with Crippen LogP contribution in [0.25, 0.3) is 0 Å². The minimum Gasteiger partial charge on any atom is -0.0854 e. The third kappa shape index (κ3) is 36.1. The molecule has 0 N–H and O–H groups in total. The second-order valence-electron chi connectivity index (χ2n) is 17.6. The Morgan fingerprint density at radius 2 is 0.463 bits per heavy atom. The van der Waals surface area contributed by atoms with Crippen molar-refractivity contribution in [3.63, 3.8) is 0 Å². The van der Waals surface area contributed by atoms with Crippen LogP contribution in [0.4, 0.5) is 0 Å². The smallest absolute Gasteiger partial charge is 0.0262 e. The van der Waals surface area contributed by atoms with Gasteiger partial charge in [0, 0.05) is 0 Å². The molecule has 8 unspecified atom stereocenters. The lowest BCUT2D eigenvalue weighted by molar-refractivity contribution is 0.502. The molecule has 0 bridgehead atoms. The van der Waals surface area contributed by atoms with E-state index in [-0.39, 0.29) is 44.6 Å². The second-order valence-corrected chi connectivity index (χ2v) is 17.6. The molecule has 6 aliphatic rings. The van der Waals surface area contributed by atoms with Gasteiger partial charge in [-0.05, 0) is 178 Å². The first-order chi connectivity index (χ1) is 22.7. The number of hydrogen-bond acceptors (Lipinski definition) is 0. The molecule has 0 aromatic heterocycles. The van der Waals surface area contributed by atoms with E-state index in [0.29, 0.717) is 0 Å². The van der Waals surface area contributed by atoms with Gasteiger partial charge in [-0.25, -0.2) is 0 Å². The fraction of sp³-hybridized carbons (Fsp3) is 0.778. The molecule has 0 radical (unpaired) electrons. The molecule has 54 heavy (non-hydrogen) atoms. The van der Waals surface area contributed by atoms with Crippen molar-refractivity contribution in [2.24, 2.45) is 47.3 Å². The van der Waals surface area contributed by atoms with Crippen molar-refractivity contribution < 1.29 is 0 Å². The molecule has 0 saturated carbocycles. The van der Waals surface area contributed by atoms with Crippen LogP contribution in [-0.2, 0) is 0 Å². The summed E-state index contributed by atoms with van der Waals surface area (Å²) in [7, 11) is 0. The summed E-state index contributed by atoms with van der Waals surface area (Å²) in [5.74, 6) is 7.13. The molecule has 6 aliphatic carbocycles. The molecule has 324 valence electrons. The van der Waals surface area contributed by atoms with E-state index in [4.69, 9.17) is 0 Å². The van der Waals surface area contributed by atoms with E-state index in [1.165, 1.54) is 103 Å². The molecule has 0 heteroatoms. The van der Waals surface area contributed by atoms with Crippen molar-refractivity contribution in [1.29, 1.82) is 0 Å². The average molecular weight is 757 g/mol. The number of allylic oxidation sites excluding steroid dienone is 12. The van der Waals surface area contributed by atoms with Gasteiger partial charge in [0.05, 0.1) is 0 Å². The normalized spacial score (nSPS) is 28.8. The van der Waals surface area contributed by atoms with Gasteiger partial charge < -0.3 is 0 Å². The van der Waals surface area contributed by atoms with Gasteiger partial charge in [0.1, 0.15) is 0 Å². The Morgan fingerprint density at radius 1 is 0.296 bits per heavy atom. The predicted octanol–water partition coefficient (Wildman–Crippen LogP) is 20.0. The summed E-state index contributed by atoms with van der Waals surface area (Å²) in [6.07, 6.45) is 40.5. The Bertz CT molecular complexity index is 849. The maximum Gasteiger partial charge on any atom is -0.0262 e. The number of hydrogen-bond donors (Lipinski definition) is 0. The summed E-state index contributed by atoms with van der Waals surface area (Å²) >= 11 is 0. The Morgan fingerprint density at radius 3 is 0.556 bits per heavy atom. The van der Waals surface area contributed by atoms with Crippen LogP contribution in [0.2, 0.25) is 0 Å². The molecule has 6 rings (SSSR count). The van der Waals surface area contributed by atoms with Crippen LogP contribution in [0, 0.1) is 47.3 Å². The molecule has 0 saturated heterocycles. The number of rotatable bonds is 0. The van der Waals surface area contributed by atoms with Gasteiger partial charge in [0.15, 0.2) is 0 Å². The molecule has 0 aromatic carbocycles. The predicted molar refractivity (Wildman–Crippen MR) is 261 cm³/mol. The van der Waals surface area contributed by atoms with Crippen molar-refractivity contribution in [3.05, 3.63) is 70.9 Å². The minimum atomic E-state index is 0. The van der Waals surface area contributed by atoms with Gasteiger partial charge in [0.2, 0.25) is 0 Å². The summed E-state index contributed by atoms with van der Waals surface area (Å²) in [6, 6.07) is 0. The van der Waals surface area contributed by atoms with Crippen molar-refractivity contribution in [2.75, 3.05) is 0 Å². The Kier molecular flexibility index (Phi) is 45.7. The lowest BCUT2D eigenvalue weighted by Crippen LogP contribution is -2.01. The highest BCUT2D eigenvalue weighted by molar-refractivity contribution is 5.04.